The molecular formula is C21H28ClN3O3. The Morgan fingerprint density at radius 3 is 2.50 bits per heavy atom. The third kappa shape index (κ3) is 5.29. The Bertz CT molecular complexity index is 826. The molecule has 1 aliphatic heterocycles. The van der Waals surface area contributed by atoms with E-state index in [9.17, 15) is 9.59 Å². The molecule has 7 heteroatoms. The zero-order chi connectivity index (χ0) is 19.4. The number of halogens is 1. The fraction of sp³-hybridized carbons (Fsp3) is 0.429. The highest BCUT2D eigenvalue weighted by Crippen LogP contribution is 2.18. The number of furan rings is 1. The number of anilines is 1. The highest BCUT2D eigenvalue weighted by Gasteiger charge is 2.25. The van der Waals surface area contributed by atoms with Gasteiger partial charge in [-0.1, -0.05) is 18.2 Å². The van der Waals surface area contributed by atoms with Gasteiger partial charge in [0.1, 0.15) is 11.5 Å². The molecule has 6 nitrogen and oxygen atoms in total. The van der Waals surface area contributed by atoms with Gasteiger partial charge in [-0.3, -0.25) is 9.59 Å². The topological polar surface area (TPSA) is 88.6 Å². The van der Waals surface area contributed by atoms with E-state index in [0.29, 0.717) is 37.3 Å². The number of nitrogens with two attached hydrogens (primary N) is 1. The Kier molecular flexibility index (Phi) is 7.52. The predicted molar refractivity (Wildman–Crippen MR) is 112 cm³/mol. The number of aryl methyl sites for hydroxylation is 3. The number of rotatable bonds is 5. The first kappa shape index (κ1) is 21.8. The molecular weight excluding hydrogens is 378 g/mol. The summed E-state index contributed by atoms with van der Waals surface area (Å²) >= 11 is 0. The zero-order valence-corrected chi connectivity index (χ0v) is 17.2. The maximum absolute atomic E-state index is 12.5. The number of benzene rings is 1. The van der Waals surface area contributed by atoms with Gasteiger partial charge in [-0.2, -0.15) is 0 Å². The summed E-state index contributed by atoms with van der Waals surface area (Å²) < 4.78 is 5.42. The van der Waals surface area contributed by atoms with Gasteiger partial charge in [0.05, 0.1) is 5.56 Å². The van der Waals surface area contributed by atoms with E-state index in [4.69, 9.17) is 10.2 Å². The molecule has 2 heterocycles. The molecule has 2 amide bonds. The summed E-state index contributed by atoms with van der Waals surface area (Å²) in [4.78, 5) is 26.7. The Morgan fingerprint density at radius 1 is 1.21 bits per heavy atom. The number of hydrogen-bond donors (Lipinski definition) is 2. The second-order valence-corrected chi connectivity index (χ2v) is 7.15. The molecule has 1 aromatic carbocycles. The standard InChI is InChI=1S/C21H27N3O3.ClH/c1-14-13-18(15(2)27-14)21(26)23-17-9-11-24(12-10-17)20(25)8-7-16-5-3-4-6-19(16)22;/h3-6,13,17H,7-12,22H2,1-2H3,(H,23,26);1H. The van der Waals surface area contributed by atoms with Crippen LogP contribution in [0, 0.1) is 13.8 Å². The number of likely N-dealkylation sites (tertiary alicyclic amines) is 1. The van der Waals surface area contributed by atoms with Crippen molar-refractivity contribution in [2.24, 2.45) is 0 Å². The Balaban J connectivity index is 0.00000280. The smallest absolute Gasteiger partial charge is 0.255 e. The van der Waals surface area contributed by atoms with Crippen LogP contribution < -0.4 is 11.1 Å². The molecule has 152 valence electrons. The van der Waals surface area contributed by atoms with Crippen LogP contribution in [-0.2, 0) is 11.2 Å². The summed E-state index contributed by atoms with van der Waals surface area (Å²) in [6.45, 7) is 4.95. The van der Waals surface area contributed by atoms with E-state index >= 15 is 0 Å². The average Bonchev–Trinajstić information content (AvgIpc) is 3.00. The van der Waals surface area contributed by atoms with Crippen LogP contribution in [0.2, 0.25) is 0 Å². The molecule has 0 spiro atoms. The monoisotopic (exact) mass is 405 g/mol. The number of nitrogen functional groups attached to an aromatic ring is 1. The van der Waals surface area contributed by atoms with Crippen LogP contribution in [-0.4, -0.2) is 35.8 Å². The molecule has 1 aromatic heterocycles. The van der Waals surface area contributed by atoms with Gasteiger partial charge in [0, 0.05) is 31.2 Å². The number of piperidine rings is 1. The Labute approximate surface area is 171 Å². The van der Waals surface area contributed by atoms with Crippen LogP contribution in [0.25, 0.3) is 0 Å². The molecule has 0 atom stereocenters. The van der Waals surface area contributed by atoms with Gasteiger partial charge in [-0.05, 0) is 50.8 Å². The van der Waals surface area contributed by atoms with E-state index in [1.165, 1.54) is 0 Å². The second-order valence-electron chi connectivity index (χ2n) is 7.15. The van der Waals surface area contributed by atoms with Gasteiger partial charge < -0.3 is 20.4 Å². The number of amides is 2. The summed E-state index contributed by atoms with van der Waals surface area (Å²) in [7, 11) is 0. The first-order chi connectivity index (χ1) is 12.9. The maximum Gasteiger partial charge on any atom is 0.255 e. The normalized spacial score (nSPS) is 14.4. The summed E-state index contributed by atoms with van der Waals surface area (Å²) in [5.41, 5.74) is 8.27. The van der Waals surface area contributed by atoms with E-state index in [0.717, 1.165) is 29.9 Å². The second kappa shape index (κ2) is 9.64. The highest BCUT2D eigenvalue weighted by atomic mass is 35.5. The molecule has 3 N–H and O–H groups in total. The van der Waals surface area contributed by atoms with E-state index in [1.807, 2.05) is 36.1 Å². The van der Waals surface area contributed by atoms with Gasteiger partial charge in [0.25, 0.3) is 5.91 Å². The number of nitrogens with zero attached hydrogens (tertiary/aromatic N) is 1. The van der Waals surface area contributed by atoms with Crippen molar-refractivity contribution in [3.05, 3.63) is 53.0 Å². The molecule has 1 aliphatic rings. The lowest BCUT2D eigenvalue weighted by Gasteiger charge is -2.32. The van der Waals surface area contributed by atoms with Crippen LogP contribution in [0.5, 0.6) is 0 Å². The summed E-state index contributed by atoms with van der Waals surface area (Å²) in [5.74, 6) is 1.41. The molecule has 0 bridgehead atoms. The van der Waals surface area contributed by atoms with E-state index in [-0.39, 0.29) is 30.3 Å². The highest BCUT2D eigenvalue weighted by molar-refractivity contribution is 5.95. The minimum atomic E-state index is -0.103. The summed E-state index contributed by atoms with van der Waals surface area (Å²) in [6, 6.07) is 9.50. The van der Waals surface area contributed by atoms with Crippen molar-refractivity contribution in [1.29, 1.82) is 0 Å². The Morgan fingerprint density at radius 2 is 1.89 bits per heavy atom. The molecule has 1 saturated heterocycles. The summed E-state index contributed by atoms with van der Waals surface area (Å²) in [6.07, 6.45) is 2.64. The lowest BCUT2D eigenvalue weighted by atomic mass is 10.0. The first-order valence-electron chi connectivity index (χ1n) is 9.43. The van der Waals surface area contributed by atoms with Gasteiger partial charge in [-0.15, -0.1) is 12.4 Å². The van der Waals surface area contributed by atoms with E-state index in [1.54, 1.807) is 13.0 Å². The number of carbonyl (C=O) groups excluding carboxylic acids is 2. The van der Waals surface area contributed by atoms with Crippen LogP contribution in [0.4, 0.5) is 5.69 Å². The third-order valence-electron chi connectivity index (χ3n) is 5.13. The van der Waals surface area contributed by atoms with Crippen molar-refractivity contribution < 1.29 is 14.0 Å². The van der Waals surface area contributed by atoms with Crippen LogP contribution in [0.3, 0.4) is 0 Å². The number of para-hydroxylation sites is 1. The van der Waals surface area contributed by atoms with Gasteiger partial charge in [-0.25, -0.2) is 0 Å². The maximum atomic E-state index is 12.5. The van der Waals surface area contributed by atoms with Crippen LogP contribution in [0.15, 0.2) is 34.7 Å². The molecule has 3 rings (SSSR count). The van der Waals surface area contributed by atoms with Crippen molar-refractivity contribution in [2.75, 3.05) is 18.8 Å². The molecule has 0 unspecified atom stereocenters. The number of hydrogen-bond acceptors (Lipinski definition) is 4. The van der Waals surface area contributed by atoms with Crippen molar-refractivity contribution in [2.45, 2.75) is 45.6 Å². The molecule has 1 fully saturated rings. The minimum Gasteiger partial charge on any atom is -0.466 e. The van der Waals surface area contributed by atoms with Crippen LogP contribution in [0.1, 0.15) is 46.7 Å². The molecule has 0 aliphatic carbocycles. The van der Waals surface area contributed by atoms with Gasteiger partial charge in [0.2, 0.25) is 5.91 Å². The molecule has 2 aromatic rings. The largest absolute Gasteiger partial charge is 0.466 e. The zero-order valence-electron chi connectivity index (χ0n) is 16.4. The predicted octanol–water partition coefficient (Wildman–Crippen LogP) is 3.25. The minimum absolute atomic E-state index is 0. The number of nitrogens with one attached hydrogen (secondary N) is 1. The first-order valence-corrected chi connectivity index (χ1v) is 9.43. The average molecular weight is 406 g/mol. The fourth-order valence-electron chi connectivity index (χ4n) is 3.55. The van der Waals surface area contributed by atoms with E-state index in [2.05, 4.69) is 5.32 Å². The summed E-state index contributed by atoms with van der Waals surface area (Å²) in [5, 5.41) is 3.06. The Hall–Kier alpha value is -2.47. The lowest BCUT2D eigenvalue weighted by molar-refractivity contribution is -0.132. The lowest BCUT2D eigenvalue weighted by Crippen LogP contribution is -2.46. The van der Waals surface area contributed by atoms with Crippen molar-refractivity contribution in [1.82, 2.24) is 10.2 Å². The van der Waals surface area contributed by atoms with Crippen molar-refractivity contribution in [3.63, 3.8) is 0 Å². The van der Waals surface area contributed by atoms with E-state index < -0.39 is 0 Å². The molecule has 0 radical (unpaired) electrons. The van der Waals surface area contributed by atoms with Crippen molar-refractivity contribution in [3.8, 4) is 0 Å². The third-order valence-corrected chi connectivity index (χ3v) is 5.13. The fourth-order valence-corrected chi connectivity index (χ4v) is 3.55. The van der Waals surface area contributed by atoms with Gasteiger partial charge >= 0.3 is 0 Å². The van der Waals surface area contributed by atoms with Crippen LogP contribution >= 0.6 is 12.4 Å². The number of carbonyl (C=O) groups is 2. The molecule has 28 heavy (non-hydrogen) atoms. The van der Waals surface area contributed by atoms with Crippen molar-refractivity contribution >= 4 is 29.9 Å². The van der Waals surface area contributed by atoms with Gasteiger partial charge in [0.15, 0.2) is 0 Å². The quantitative estimate of drug-likeness (QED) is 0.747. The SMILES string of the molecule is Cc1cc(C(=O)NC2CCN(C(=O)CCc3ccccc3N)CC2)c(C)o1.Cl. The molecule has 0 saturated carbocycles.